The summed E-state index contributed by atoms with van der Waals surface area (Å²) in [6, 6.07) is 0. The molecule has 2 atom stereocenters. The van der Waals surface area contributed by atoms with Gasteiger partial charge in [-0.25, -0.2) is 0 Å². The van der Waals surface area contributed by atoms with E-state index in [-0.39, 0.29) is 0 Å². The van der Waals surface area contributed by atoms with Gasteiger partial charge in [0.1, 0.15) is 0 Å². The third-order valence-electron chi connectivity index (χ3n) is 1.00. The van der Waals surface area contributed by atoms with Gasteiger partial charge in [-0.15, -0.1) is 0 Å². The number of alkyl halides is 3. The molecule has 2 unspecified atom stereocenters. The molecule has 0 saturated carbocycles. The normalized spacial score (nSPS) is 19.8. The van der Waals surface area contributed by atoms with Crippen molar-refractivity contribution in [2.75, 3.05) is 0 Å². The number of halogens is 3. The van der Waals surface area contributed by atoms with E-state index in [1.165, 1.54) is 0 Å². The van der Waals surface area contributed by atoms with Crippen molar-refractivity contribution in [2.45, 2.75) is 19.2 Å². The van der Waals surface area contributed by atoms with Crippen molar-refractivity contribution in [1.29, 1.82) is 0 Å². The van der Waals surface area contributed by atoms with Crippen LogP contribution < -0.4 is 0 Å². The van der Waals surface area contributed by atoms with Gasteiger partial charge in [0.15, 0.2) is 6.10 Å². The van der Waals surface area contributed by atoms with Crippen LogP contribution in [0.2, 0.25) is 0 Å². The Kier molecular flexibility index (Phi) is 3.50. The Morgan fingerprint density at radius 1 is 1.67 bits per heavy atom. The van der Waals surface area contributed by atoms with Crippen LogP contribution in [0.15, 0.2) is 12.4 Å². The van der Waals surface area contributed by atoms with Gasteiger partial charge in [-0.2, -0.15) is 13.2 Å². The van der Waals surface area contributed by atoms with E-state index >= 15 is 0 Å². The van der Waals surface area contributed by atoms with E-state index in [2.05, 4.69) is 11.1 Å². The summed E-state index contributed by atoms with van der Waals surface area (Å²) < 4.78 is 49.5. The molecule has 0 amide bonds. The molecule has 0 aromatic heterocycles. The average molecular weight is 204 g/mol. The summed E-state index contributed by atoms with van der Waals surface area (Å²) in [5.41, 5.74) is 0. The molecule has 0 rings (SSSR count). The summed E-state index contributed by atoms with van der Waals surface area (Å²) >= 11 is 0. The van der Waals surface area contributed by atoms with E-state index in [0.29, 0.717) is 12.7 Å². The molecule has 0 fully saturated rings. The molecule has 0 spiro atoms. The average Bonchev–Trinajstić information content (AvgIpc) is 1.85. The van der Waals surface area contributed by atoms with Crippen molar-refractivity contribution < 1.29 is 27.2 Å². The van der Waals surface area contributed by atoms with Gasteiger partial charge < -0.3 is 4.89 Å². The molecule has 0 aliphatic heterocycles. The standard InChI is InChI=1S/C5H8F3O3P/c1-3-12(9,10)11-4(2)5(6,7)8/h3-4H,1H2,2H3,(H,9,10). The molecule has 0 aliphatic rings. The zero-order valence-electron chi connectivity index (χ0n) is 6.21. The van der Waals surface area contributed by atoms with Crippen molar-refractivity contribution >= 4 is 7.60 Å². The molecule has 0 aromatic carbocycles. The molecule has 3 nitrogen and oxygen atoms in total. The smallest absolute Gasteiger partial charge is 0.321 e. The van der Waals surface area contributed by atoms with Gasteiger partial charge in [0.05, 0.1) is 0 Å². The van der Waals surface area contributed by atoms with Crippen LogP contribution in [0, 0.1) is 0 Å². The van der Waals surface area contributed by atoms with Crippen LogP contribution in [-0.4, -0.2) is 17.2 Å². The van der Waals surface area contributed by atoms with E-state index in [1.54, 1.807) is 0 Å². The quantitative estimate of drug-likeness (QED) is 0.717. The van der Waals surface area contributed by atoms with E-state index in [0.717, 1.165) is 0 Å². The number of rotatable bonds is 3. The molecule has 1 N–H and O–H groups in total. The van der Waals surface area contributed by atoms with Crippen LogP contribution in [0.3, 0.4) is 0 Å². The summed E-state index contributed by atoms with van der Waals surface area (Å²) in [7, 11) is -4.28. The minimum atomic E-state index is -4.64. The Balaban J connectivity index is 4.29. The second-order valence-corrected chi connectivity index (χ2v) is 3.74. The van der Waals surface area contributed by atoms with Gasteiger partial charge in [-0.1, -0.05) is 6.58 Å². The first-order chi connectivity index (χ1) is 5.19. The highest BCUT2D eigenvalue weighted by Crippen LogP contribution is 2.46. The first-order valence-electron chi connectivity index (χ1n) is 2.90. The Labute approximate surface area is 67.4 Å². The Hall–Kier alpha value is -0.320. The highest BCUT2D eigenvalue weighted by Gasteiger charge is 2.40. The molecule has 72 valence electrons. The third-order valence-corrected chi connectivity index (χ3v) is 2.08. The van der Waals surface area contributed by atoms with Gasteiger partial charge in [0, 0.05) is 5.82 Å². The molecule has 0 heterocycles. The fourth-order valence-electron chi connectivity index (χ4n) is 0.329. The van der Waals surface area contributed by atoms with Crippen LogP contribution >= 0.6 is 7.60 Å². The molecule has 0 aromatic rings. The lowest BCUT2D eigenvalue weighted by atomic mass is 10.4. The zero-order valence-corrected chi connectivity index (χ0v) is 7.10. The molecule has 0 aliphatic carbocycles. The SMILES string of the molecule is C=CP(=O)(O)OC(C)C(F)(F)F. The molecule has 0 saturated heterocycles. The maximum atomic E-state index is 11.7. The van der Waals surface area contributed by atoms with Crippen molar-refractivity contribution in [3.63, 3.8) is 0 Å². The molecule has 0 radical (unpaired) electrons. The van der Waals surface area contributed by atoms with E-state index in [1.807, 2.05) is 0 Å². The number of hydrogen-bond donors (Lipinski definition) is 1. The van der Waals surface area contributed by atoms with Gasteiger partial charge in [0.25, 0.3) is 0 Å². The zero-order chi connectivity index (χ0) is 9.99. The molecule has 7 heteroatoms. The van der Waals surface area contributed by atoms with Crippen molar-refractivity contribution in [2.24, 2.45) is 0 Å². The summed E-state index contributed by atoms with van der Waals surface area (Å²) in [6.45, 7) is 3.51. The van der Waals surface area contributed by atoms with Crippen LogP contribution in [-0.2, 0) is 9.09 Å². The summed E-state index contributed by atoms with van der Waals surface area (Å²) in [5, 5.41) is 0. The third kappa shape index (κ3) is 3.90. The lowest BCUT2D eigenvalue weighted by molar-refractivity contribution is -0.190. The summed E-state index contributed by atoms with van der Waals surface area (Å²) in [4.78, 5) is 8.57. The predicted octanol–water partition coefficient (Wildman–Crippen LogP) is 2.28. The van der Waals surface area contributed by atoms with Gasteiger partial charge in [0.2, 0.25) is 0 Å². The summed E-state index contributed by atoms with van der Waals surface area (Å²) in [6.07, 6.45) is -6.91. The Morgan fingerprint density at radius 3 is 2.33 bits per heavy atom. The second kappa shape index (κ2) is 3.60. The van der Waals surface area contributed by atoms with Crippen LogP contribution in [0.25, 0.3) is 0 Å². The van der Waals surface area contributed by atoms with Crippen molar-refractivity contribution in [3.05, 3.63) is 12.4 Å². The first-order valence-corrected chi connectivity index (χ1v) is 4.55. The molecular weight excluding hydrogens is 196 g/mol. The maximum absolute atomic E-state index is 11.7. The fraction of sp³-hybridized carbons (Fsp3) is 0.600. The molecular formula is C5H8F3O3P. The lowest BCUT2D eigenvalue weighted by Gasteiger charge is -2.17. The molecule has 12 heavy (non-hydrogen) atoms. The highest BCUT2D eigenvalue weighted by atomic mass is 31.2. The Bertz CT molecular complexity index is 212. The van der Waals surface area contributed by atoms with Gasteiger partial charge in [-0.3, -0.25) is 9.09 Å². The lowest BCUT2D eigenvalue weighted by Crippen LogP contribution is -2.27. The predicted molar refractivity (Wildman–Crippen MR) is 36.6 cm³/mol. The van der Waals surface area contributed by atoms with E-state index < -0.39 is 19.9 Å². The minimum absolute atomic E-state index is 0.454. The van der Waals surface area contributed by atoms with E-state index in [4.69, 9.17) is 4.89 Å². The highest BCUT2D eigenvalue weighted by molar-refractivity contribution is 7.56. The minimum Gasteiger partial charge on any atom is -0.321 e. The number of hydrogen-bond acceptors (Lipinski definition) is 2. The monoisotopic (exact) mass is 204 g/mol. The summed E-state index contributed by atoms with van der Waals surface area (Å²) in [5.74, 6) is 0.454. The van der Waals surface area contributed by atoms with E-state index in [9.17, 15) is 17.7 Å². The first kappa shape index (κ1) is 11.7. The van der Waals surface area contributed by atoms with Gasteiger partial charge >= 0.3 is 13.8 Å². The topological polar surface area (TPSA) is 46.5 Å². The van der Waals surface area contributed by atoms with Crippen LogP contribution in [0.1, 0.15) is 6.92 Å². The van der Waals surface area contributed by atoms with Crippen molar-refractivity contribution in [3.8, 4) is 0 Å². The maximum Gasteiger partial charge on any atom is 0.414 e. The largest absolute Gasteiger partial charge is 0.414 e. The van der Waals surface area contributed by atoms with Crippen molar-refractivity contribution in [1.82, 2.24) is 0 Å². The second-order valence-electron chi connectivity index (χ2n) is 2.04. The van der Waals surface area contributed by atoms with Gasteiger partial charge in [-0.05, 0) is 6.92 Å². The fourth-order valence-corrected chi connectivity index (χ4v) is 0.988. The Morgan fingerprint density at radius 2 is 2.08 bits per heavy atom. The van der Waals surface area contributed by atoms with Crippen LogP contribution in [0.4, 0.5) is 13.2 Å². The van der Waals surface area contributed by atoms with Crippen LogP contribution in [0.5, 0.6) is 0 Å². The molecule has 0 bridgehead atoms.